The third-order valence-electron chi connectivity index (χ3n) is 13.4. The Hall–Kier alpha value is -0.500. The summed E-state index contributed by atoms with van der Waals surface area (Å²) in [6.07, 6.45) is 9.89. The van der Waals surface area contributed by atoms with Gasteiger partial charge in [0.2, 0.25) is 0 Å². The van der Waals surface area contributed by atoms with Crippen molar-refractivity contribution in [2.45, 2.75) is 149 Å². The Bertz CT molecular complexity index is 918. The second-order valence-corrected chi connectivity index (χ2v) is 15.6. The Labute approximate surface area is 249 Å². The molecule has 1 aliphatic heterocycles. The van der Waals surface area contributed by atoms with Crippen LogP contribution in [0.1, 0.15) is 112 Å². The summed E-state index contributed by atoms with van der Waals surface area (Å²) < 4.78 is 11.8. The van der Waals surface area contributed by atoms with Gasteiger partial charge < -0.3 is 29.9 Å². The van der Waals surface area contributed by atoms with E-state index >= 15 is 0 Å². The topological polar surface area (TPSA) is 99.4 Å². The van der Waals surface area contributed by atoms with Gasteiger partial charge in [-0.3, -0.25) is 0 Å². The van der Waals surface area contributed by atoms with Crippen LogP contribution >= 0.6 is 0 Å². The third kappa shape index (κ3) is 5.73. The van der Waals surface area contributed by atoms with Crippen molar-refractivity contribution >= 4 is 0 Å². The number of hydrogen-bond acceptors (Lipinski definition) is 6. The first-order valence-corrected chi connectivity index (χ1v) is 17.1. The van der Waals surface area contributed by atoms with Crippen LogP contribution in [0, 0.1) is 52.3 Å². The van der Waals surface area contributed by atoms with E-state index in [1.165, 1.54) is 56.9 Å². The Morgan fingerprint density at radius 3 is 2.37 bits per heavy atom. The monoisotopic (exact) mass is 576 g/mol. The van der Waals surface area contributed by atoms with Gasteiger partial charge >= 0.3 is 0 Å². The minimum Gasteiger partial charge on any atom is -0.394 e. The zero-order chi connectivity index (χ0) is 29.7. The van der Waals surface area contributed by atoms with Gasteiger partial charge in [-0.05, 0) is 110 Å². The minimum absolute atomic E-state index is 0.195. The predicted octanol–water partition coefficient (Wildman–Crippen LogP) is 5.85. The first kappa shape index (κ1) is 31.9. The summed E-state index contributed by atoms with van der Waals surface area (Å²) in [6, 6.07) is 0. The summed E-state index contributed by atoms with van der Waals surface area (Å²) >= 11 is 0. The molecule has 1 heterocycles. The van der Waals surface area contributed by atoms with Crippen molar-refractivity contribution < 1.29 is 29.9 Å². The van der Waals surface area contributed by atoms with Gasteiger partial charge in [-0.15, -0.1) is 0 Å². The lowest BCUT2D eigenvalue weighted by molar-refractivity contribution is -0.308. The number of rotatable bonds is 9. The van der Waals surface area contributed by atoms with E-state index in [2.05, 4.69) is 47.6 Å². The molecule has 0 aromatic rings. The van der Waals surface area contributed by atoms with Gasteiger partial charge in [0.05, 0.1) is 12.7 Å². The average Bonchev–Trinajstić information content (AvgIpc) is 3.30. The van der Waals surface area contributed by atoms with Crippen LogP contribution in [-0.2, 0) is 9.47 Å². The molecule has 236 valence electrons. The van der Waals surface area contributed by atoms with Gasteiger partial charge in [0.25, 0.3) is 0 Å². The molecule has 5 aliphatic rings. The van der Waals surface area contributed by atoms with E-state index in [1.807, 2.05) is 0 Å². The Morgan fingerprint density at radius 1 is 0.927 bits per heavy atom. The van der Waals surface area contributed by atoms with E-state index in [-0.39, 0.29) is 11.5 Å². The highest BCUT2D eigenvalue weighted by atomic mass is 16.7. The van der Waals surface area contributed by atoms with Crippen molar-refractivity contribution in [3.8, 4) is 0 Å². The van der Waals surface area contributed by atoms with E-state index in [0.29, 0.717) is 5.41 Å². The van der Waals surface area contributed by atoms with Gasteiger partial charge in [-0.1, -0.05) is 66.0 Å². The lowest BCUT2D eigenvalue weighted by Gasteiger charge is -2.59. The quantitative estimate of drug-likeness (QED) is 0.257. The molecule has 3 saturated carbocycles. The smallest absolute Gasteiger partial charge is 0.187 e. The van der Waals surface area contributed by atoms with Gasteiger partial charge in [-0.25, -0.2) is 0 Å². The van der Waals surface area contributed by atoms with Crippen molar-refractivity contribution in [2.75, 3.05) is 6.61 Å². The van der Waals surface area contributed by atoms with Gasteiger partial charge in [-0.2, -0.15) is 0 Å². The molecule has 6 heteroatoms. The van der Waals surface area contributed by atoms with Crippen molar-refractivity contribution in [2.24, 2.45) is 52.3 Å². The normalized spacial score (nSPS) is 47.7. The van der Waals surface area contributed by atoms with Gasteiger partial charge in [0.15, 0.2) is 6.29 Å². The lowest BCUT2D eigenvalue weighted by atomic mass is 9.46. The fourth-order valence-corrected chi connectivity index (χ4v) is 10.8. The van der Waals surface area contributed by atoms with Crippen molar-refractivity contribution in [3.05, 3.63) is 11.6 Å². The van der Waals surface area contributed by atoms with Crippen LogP contribution in [0.2, 0.25) is 0 Å². The maximum atomic E-state index is 10.5. The molecule has 5 rings (SSSR count). The summed E-state index contributed by atoms with van der Waals surface area (Å²) in [5, 5.41) is 40.4. The van der Waals surface area contributed by atoms with Crippen LogP contribution in [-0.4, -0.2) is 63.8 Å². The lowest BCUT2D eigenvalue weighted by Crippen LogP contribution is -2.59. The molecular weight excluding hydrogens is 516 g/mol. The highest BCUT2D eigenvalue weighted by Gasteiger charge is 2.59. The molecule has 1 saturated heterocycles. The molecule has 4 fully saturated rings. The number of hydrogen-bond donors (Lipinski definition) is 4. The molecular formula is C35H60O6. The molecule has 0 aromatic heterocycles. The second-order valence-electron chi connectivity index (χ2n) is 15.6. The third-order valence-corrected chi connectivity index (χ3v) is 13.4. The molecule has 4 N–H and O–H groups in total. The van der Waals surface area contributed by atoms with Crippen LogP contribution < -0.4 is 0 Å². The molecule has 0 aromatic carbocycles. The highest BCUT2D eigenvalue weighted by molar-refractivity contribution is 5.25. The first-order chi connectivity index (χ1) is 19.4. The maximum absolute atomic E-state index is 10.5. The molecule has 6 nitrogen and oxygen atoms in total. The predicted molar refractivity (Wildman–Crippen MR) is 161 cm³/mol. The minimum atomic E-state index is -1.40. The van der Waals surface area contributed by atoms with Gasteiger partial charge in [0, 0.05) is 0 Å². The van der Waals surface area contributed by atoms with E-state index in [1.54, 1.807) is 0 Å². The van der Waals surface area contributed by atoms with Crippen LogP contribution in [0.15, 0.2) is 11.6 Å². The van der Waals surface area contributed by atoms with E-state index in [0.717, 1.165) is 60.7 Å². The van der Waals surface area contributed by atoms with Crippen LogP contribution in [0.3, 0.4) is 0 Å². The highest BCUT2D eigenvalue weighted by Crippen LogP contribution is 2.68. The van der Waals surface area contributed by atoms with Crippen molar-refractivity contribution in [1.29, 1.82) is 0 Å². The summed E-state index contributed by atoms with van der Waals surface area (Å²) in [4.78, 5) is 0. The Morgan fingerprint density at radius 2 is 1.68 bits per heavy atom. The molecule has 0 unspecified atom stereocenters. The fraction of sp³-hybridized carbons (Fsp3) is 0.943. The number of fused-ring (bicyclic) bond motifs is 5. The summed E-state index contributed by atoms with van der Waals surface area (Å²) in [5.74, 6) is 5.73. The van der Waals surface area contributed by atoms with Crippen LogP contribution in [0.5, 0.6) is 0 Å². The van der Waals surface area contributed by atoms with Crippen LogP contribution in [0.25, 0.3) is 0 Å². The number of allylic oxidation sites excluding steroid dienone is 1. The molecule has 0 radical (unpaired) electrons. The maximum Gasteiger partial charge on any atom is 0.187 e. The Balaban J connectivity index is 1.24. The first-order valence-electron chi connectivity index (χ1n) is 17.1. The number of ether oxygens (including phenoxy) is 2. The summed E-state index contributed by atoms with van der Waals surface area (Å²) in [5.41, 5.74) is 2.20. The zero-order valence-electron chi connectivity index (χ0n) is 26.7. The molecule has 0 amide bonds. The van der Waals surface area contributed by atoms with Crippen molar-refractivity contribution in [3.63, 3.8) is 0 Å². The second kappa shape index (κ2) is 12.5. The van der Waals surface area contributed by atoms with E-state index < -0.39 is 37.3 Å². The largest absolute Gasteiger partial charge is 0.394 e. The molecule has 14 atom stereocenters. The fourth-order valence-electron chi connectivity index (χ4n) is 10.8. The average molecular weight is 577 g/mol. The zero-order valence-corrected chi connectivity index (χ0v) is 26.7. The Kier molecular flexibility index (Phi) is 9.71. The molecule has 4 aliphatic carbocycles. The van der Waals surface area contributed by atoms with Crippen LogP contribution in [0.4, 0.5) is 0 Å². The van der Waals surface area contributed by atoms with E-state index in [4.69, 9.17) is 9.47 Å². The standard InChI is InChI=1S/C35H60O6/c1-7-22(20(2)3)9-8-21(4)26-12-13-27-25-11-10-23-18-24(14-16-34(23,5)28(25)15-17-35(26,27)6)40-33-32(39)31(38)30(37)29(19-36)41-33/h18,20-22,24-33,36-39H,7-17,19H2,1-6H3/t21-,22-,24+,25+,26-,27+,28+,29-,30-,31+,32-,33-,34+,35-/m1/s1. The number of aliphatic hydroxyl groups is 4. The molecule has 0 spiro atoms. The SMILES string of the molecule is CC[C@H](CC[C@@H](C)[C@H]1CC[C@H]2[C@@H]3CCC4=C[C@@H](O[C@@H]5O[C@H](CO)[C@@H](O)[C@H](O)[C@H]5O)CC[C@]4(C)[C@H]3CC[C@]12C)C(C)C. The molecule has 0 bridgehead atoms. The van der Waals surface area contributed by atoms with Crippen molar-refractivity contribution in [1.82, 2.24) is 0 Å². The summed E-state index contributed by atoms with van der Waals surface area (Å²) in [6.45, 7) is 14.5. The number of aliphatic hydroxyl groups excluding tert-OH is 4. The van der Waals surface area contributed by atoms with E-state index in [9.17, 15) is 20.4 Å². The molecule has 41 heavy (non-hydrogen) atoms. The van der Waals surface area contributed by atoms with Gasteiger partial charge in [0.1, 0.15) is 24.4 Å². The summed E-state index contributed by atoms with van der Waals surface area (Å²) in [7, 11) is 0.